The van der Waals surface area contributed by atoms with Crippen LogP contribution >= 0.6 is 0 Å². The van der Waals surface area contributed by atoms with E-state index in [0.29, 0.717) is 23.2 Å². The molecular weight excluding hydrogens is 348 g/mol. The number of nitrogens with zero attached hydrogens (tertiary/aromatic N) is 2. The van der Waals surface area contributed by atoms with Gasteiger partial charge in [-0.2, -0.15) is 0 Å². The number of rotatable bonds is 2. The van der Waals surface area contributed by atoms with Crippen molar-refractivity contribution in [2.75, 3.05) is 18.0 Å². The van der Waals surface area contributed by atoms with E-state index in [9.17, 15) is 19.2 Å². The van der Waals surface area contributed by atoms with Crippen molar-refractivity contribution in [1.82, 2.24) is 15.5 Å². The highest BCUT2D eigenvalue weighted by Crippen LogP contribution is 2.36. The number of nitrogens with one attached hydrogen (secondary N) is 2. The van der Waals surface area contributed by atoms with Gasteiger partial charge >= 0.3 is 0 Å². The van der Waals surface area contributed by atoms with Crippen LogP contribution in [0.1, 0.15) is 46.4 Å². The van der Waals surface area contributed by atoms with Gasteiger partial charge in [0.15, 0.2) is 0 Å². The van der Waals surface area contributed by atoms with E-state index < -0.39 is 23.8 Å². The molecule has 1 aromatic carbocycles. The van der Waals surface area contributed by atoms with Crippen LogP contribution < -0.4 is 15.5 Å². The first kappa shape index (κ1) is 16.4. The summed E-state index contributed by atoms with van der Waals surface area (Å²) in [4.78, 5) is 52.6. The molecule has 3 fully saturated rings. The molecule has 4 aliphatic rings. The summed E-state index contributed by atoms with van der Waals surface area (Å²) >= 11 is 0. The molecule has 0 radical (unpaired) electrons. The van der Waals surface area contributed by atoms with E-state index in [2.05, 4.69) is 15.5 Å². The van der Waals surface area contributed by atoms with Crippen LogP contribution in [0, 0.1) is 0 Å². The van der Waals surface area contributed by atoms with Gasteiger partial charge in [-0.3, -0.25) is 29.4 Å². The zero-order valence-electron chi connectivity index (χ0n) is 14.7. The molecule has 0 aromatic heterocycles. The molecule has 140 valence electrons. The predicted molar refractivity (Wildman–Crippen MR) is 95.3 cm³/mol. The third kappa shape index (κ3) is 2.39. The average molecular weight is 368 g/mol. The van der Waals surface area contributed by atoms with Gasteiger partial charge < -0.3 is 10.2 Å². The highest BCUT2D eigenvalue weighted by atomic mass is 16.2. The second-order valence-electron chi connectivity index (χ2n) is 7.63. The van der Waals surface area contributed by atoms with Crippen molar-refractivity contribution < 1.29 is 19.2 Å². The molecule has 0 spiro atoms. The molecule has 3 unspecified atom stereocenters. The summed E-state index contributed by atoms with van der Waals surface area (Å²) < 4.78 is 0. The second kappa shape index (κ2) is 5.88. The Morgan fingerprint density at radius 1 is 0.889 bits per heavy atom. The van der Waals surface area contributed by atoms with Crippen molar-refractivity contribution in [1.29, 1.82) is 0 Å². The number of carbonyl (C=O) groups excluding carboxylic acids is 4. The molecule has 2 bridgehead atoms. The molecule has 0 aliphatic carbocycles. The molecule has 2 N–H and O–H groups in total. The van der Waals surface area contributed by atoms with E-state index in [0.717, 1.165) is 36.5 Å². The van der Waals surface area contributed by atoms with Gasteiger partial charge in [0.1, 0.15) is 6.04 Å². The molecule has 8 nitrogen and oxygen atoms in total. The molecule has 3 saturated heterocycles. The Bertz CT molecular complexity index is 866. The normalized spacial score (nSPS) is 30.0. The monoisotopic (exact) mass is 368 g/mol. The Morgan fingerprint density at radius 3 is 2.30 bits per heavy atom. The van der Waals surface area contributed by atoms with Gasteiger partial charge in [0.25, 0.3) is 11.8 Å². The number of imide groups is 2. The maximum Gasteiger partial charge on any atom is 0.262 e. The summed E-state index contributed by atoms with van der Waals surface area (Å²) in [7, 11) is 0. The van der Waals surface area contributed by atoms with Crippen molar-refractivity contribution >= 4 is 29.3 Å². The first-order valence-corrected chi connectivity index (χ1v) is 9.39. The van der Waals surface area contributed by atoms with Crippen molar-refractivity contribution in [2.45, 2.75) is 43.8 Å². The summed E-state index contributed by atoms with van der Waals surface area (Å²) in [5.74, 6) is -1.86. The third-order valence-electron chi connectivity index (χ3n) is 6.10. The summed E-state index contributed by atoms with van der Waals surface area (Å²) in [6.07, 6.45) is 2.53. The van der Waals surface area contributed by atoms with E-state index in [4.69, 9.17) is 0 Å². The number of hydrogen-bond donors (Lipinski definition) is 2. The predicted octanol–water partition coefficient (Wildman–Crippen LogP) is 0.0284. The van der Waals surface area contributed by atoms with Gasteiger partial charge in [-0.1, -0.05) is 0 Å². The minimum absolute atomic E-state index is 0.124. The molecule has 1 aromatic rings. The van der Waals surface area contributed by atoms with Crippen molar-refractivity contribution in [3.8, 4) is 0 Å². The van der Waals surface area contributed by atoms with Crippen LogP contribution in [0.4, 0.5) is 5.69 Å². The Kier molecular flexibility index (Phi) is 3.58. The topological polar surface area (TPSA) is 98.8 Å². The molecule has 4 aliphatic heterocycles. The number of hydrogen-bond acceptors (Lipinski definition) is 6. The molecular formula is C19H20N4O4. The maximum atomic E-state index is 13.0. The van der Waals surface area contributed by atoms with Crippen LogP contribution in [0.15, 0.2) is 18.2 Å². The highest BCUT2D eigenvalue weighted by molar-refractivity contribution is 6.23. The molecule has 4 amide bonds. The van der Waals surface area contributed by atoms with E-state index in [-0.39, 0.29) is 18.7 Å². The van der Waals surface area contributed by atoms with Gasteiger partial charge in [0, 0.05) is 37.3 Å². The largest absolute Gasteiger partial charge is 0.363 e. The number of piperidine rings is 1. The SMILES string of the molecule is O=C1CCC(N2C(=O)c3ccc(N4C5CCC4CNC5)cc3C2=O)C(=O)N1. The first-order chi connectivity index (χ1) is 13.0. The van der Waals surface area contributed by atoms with E-state index in [1.54, 1.807) is 12.1 Å². The fourth-order valence-electron chi connectivity index (χ4n) is 4.82. The summed E-state index contributed by atoms with van der Waals surface area (Å²) in [6.45, 7) is 1.84. The van der Waals surface area contributed by atoms with Crippen LogP contribution in [0.5, 0.6) is 0 Å². The molecule has 8 heteroatoms. The Hall–Kier alpha value is -2.74. The summed E-state index contributed by atoms with van der Waals surface area (Å²) in [6, 6.07) is 5.26. The van der Waals surface area contributed by atoms with Gasteiger partial charge in [0.05, 0.1) is 11.1 Å². The Morgan fingerprint density at radius 2 is 1.59 bits per heavy atom. The lowest BCUT2D eigenvalue weighted by molar-refractivity contribution is -0.136. The van der Waals surface area contributed by atoms with Gasteiger partial charge in [-0.05, 0) is 37.5 Å². The van der Waals surface area contributed by atoms with E-state index in [1.807, 2.05) is 6.07 Å². The number of anilines is 1. The van der Waals surface area contributed by atoms with Crippen LogP contribution in [0.2, 0.25) is 0 Å². The van der Waals surface area contributed by atoms with Gasteiger partial charge in [-0.25, -0.2) is 0 Å². The van der Waals surface area contributed by atoms with E-state index in [1.165, 1.54) is 0 Å². The zero-order chi connectivity index (χ0) is 18.7. The number of carbonyl (C=O) groups is 4. The second-order valence-corrected chi connectivity index (χ2v) is 7.63. The lowest BCUT2D eigenvalue weighted by Gasteiger charge is -2.37. The Labute approximate surface area is 155 Å². The number of benzene rings is 1. The minimum atomic E-state index is -0.922. The minimum Gasteiger partial charge on any atom is -0.363 e. The van der Waals surface area contributed by atoms with Crippen LogP contribution in [-0.4, -0.2) is 59.7 Å². The average Bonchev–Trinajstić information content (AvgIpc) is 3.05. The summed E-state index contributed by atoms with van der Waals surface area (Å²) in [5, 5.41) is 5.65. The summed E-state index contributed by atoms with van der Waals surface area (Å²) in [5.41, 5.74) is 1.63. The quantitative estimate of drug-likeness (QED) is 0.715. The first-order valence-electron chi connectivity index (χ1n) is 9.39. The number of amides is 4. The van der Waals surface area contributed by atoms with E-state index >= 15 is 0 Å². The van der Waals surface area contributed by atoms with Crippen LogP contribution in [0.25, 0.3) is 0 Å². The molecule has 27 heavy (non-hydrogen) atoms. The number of fused-ring (bicyclic) bond motifs is 3. The van der Waals surface area contributed by atoms with Gasteiger partial charge in [0.2, 0.25) is 11.8 Å². The van der Waals surface area contributed by atoms with Crippen molar-refractivity contribution in [3.05, 3.63) is 29.3 Å². The fourth-order valence-corrected chi connectivity index (χ4v) is 4.82. The third-order valence-corrected chi connectivity index (χ3v) is 6.10. The molecule has 5 rings (SSSR count). The number of piperazine rings is 1. The molecule has 4 heterocycles. The lowest BCUT2D eigenvalue weighted by atomic mass is 10.0. The maximum absolute atomic E-state index is 13.0. The van der Waals surface area contributed by atoms with Crippen LogP contribution in [-0.2, 0) is 9.59 Å². The Balaban J connectivity index is 1.47. The zero-order valence-corrected chi connectivity index (χ0v) is 14.7. The standard InChI is InChI=1S/C19H20N4O4/c24-16-6-5-15(17(25)21-16)23-18(26)13-4-3-10(7-14(13)19(23)27)22-11-1-2-12(22)9-20-8-11/h3-4,7,11-12,15,20H,1-2,5-6,8-9H2,(H,21,24,25). The smallest absolute Gasteiger partial charge is 0.262 e. The highest BCUT2D eigenvalue weighted by Gasteiger charge is 2.45. The molecule has 3 atom stereocenters. The van der Waals surface area contributed by atoms with Crippen molar-refractivity contribution in [3.63, 3.8) is 0 Å². The lowest BCUT2D eigenvalue weighted by Crippen LogP contribution is -2.54. The van der Waals surface area contributed by atoms with Crippen molar-refractivity contribution in [2.24, 2.45) is 0 Å². The molecule has 0 saturated carbocycles. The van der Waals surface area contributed by atoms with Crippen LogP contribution in [0.3, 0.4) is 0 Å². The fraction of sp³-hybridized carbons (Fsp3) is 0.474. The van der Waals surface area contributed by atoms with Gasteiger partial charge in [-0.15, -0.1) is 0 Å².